The van der Waals surface area contributed by atoms with Crippen LogP contribution in [0.15, 0.2) is 6.07 Å². The lowest BCUT2D eigenvalue weighted by molar-refractivity contribution is -0.139. The van der Waals surface area contributed by atoms with Gasteiger partial charge in [0.25, 0.3) is 5.91 Å². The van der Waals surface area contributed by atoms with Gasteiger partial charge >= 0.3 is 5.97 Å². The van der Waals surface area contributed by atoms with E-state index in [4.69, 9.17) is 5.11 Å². The number of amides is 1. The third kappa shape index (κ3) is 4.54. The summed E-state index contributed by atoms with van der Waals surface area (Å²) >= 11 is 2.98. The molecule has 0 aliphatic carbocycles. The average molecular weight is 301 g/mol. The molecular formula is C13H19NO3S2. The Bertz CT molecular complexity index is 457. The predicted octanol–water partition coefficient (Wildman–Crippen LogP) is 2.56. The molecule has 0 spiro atoms. The second-order valence-corrected chi connectivity index (χ2v) is 6.43. The van der Waals surface area contributed by atoms with E-state index in [0.29, 0.717) is 17.1 Å². The third-order valence-corrected chi connectivity index (χ3v) is 4.57. The Labute approximate surface area is 121 Å². The minimum Gasteiger partial charge on any atom is -0.480 e. The van der Waals surface area contributed by atoms with Crippen molar-refractivity contribution in [2.75, 3.05) is 12.0 Å². The predicted molar refractivity (Wildman–Crippen MR) is 80.3 cm³/mol. The average Bonchev–Trinajstić information content (AvgIpc) is 2.75. The smallest absolute Gasteiger partial charge is 0.326 e. The molecule has 106 valence electrons. The minimum absolute atomic E-state index is 0.290. The topological polar surface area (TPSA) is 66.4 Å². The van der Waals surface area contributed by atoms with Crippen LogP contribution in [0.25, 0.3) is 0 Å². The normalized spacial score (nSPS) is 12.2. The van der Waals surface area contributed by atoms with Gasteiger partial charge in [0.2, 0.25) is 0 Å². The number of rotatable bonds is 7. The van der Waals surface area contributed by atoms with Crippen molar-refractivity contribution in [3.8, 4) is 0 Å². The van der Waals surface area contributed by atoms with E-state index in [1.807, 2.05) is 26.2 Å². The Kier molecular flexibility index (Phi) is 6.37. The number of nitrogens with one attached hydrogen (secondary N) is 1. The van der Waals surface area contributed by atoms with Gasteiger partial charge in [0, 0.05) is 4.88 Å². The first-order valence-corrected chi connectivity index (χ1v) is 8.32. The molecule has 1 aromatic heterocycles. The molecule has 0 aliphatic heterocycles. The first-order valence-electron chi connectivity index (χ1n) is 6.11. The number of carboxylic acids is 1. The van der Waals surface area contributed by atoms with Crippen LogP contribution in [0.4, 0.5) is 0 Å². The van der Waals surface area contributed by atoms with Crippen LogP contribution in [0.3, 0.4) is 0 Å². The zero-order valence-corrected chi connectivity index (χ0v) is 13.0. The van der Waals surface area contributed by atoms with Crippen molar-refractivity contribution >= 4 is 35.0 Å². The summed E-state index contributed by atoms with van der Waals surface area (Å²) in [5, 5.41) is 11.7. The van der Waals surface area contributed by atoms with Crippen molar-refractivity contribution in [2.45, 2.75) is 32.7 Å². The summed E-state index contributed by atoms with van der Waals surface area (Å²) in [5.41, 5.74) is 1.14. The quantitative estimate of drug-likeness (QED) is 0.812. The van der Waals surface area contributed by atoms with E-state index in [2.05, 4.69) is 5.32 Å². The van der Waals surface area contributed by atoms with Gasteiger partial charge in [0.05, 0.1) is 4.88 Å². The molecule has 1 heterocycles. The molecule has 0 fully saturated rings. The van der Waals surface area contributed by atoms with Gasteiger partial charge in [0.1, 0.15) is 6.04 Å². The molecule has 6 heteroatoms. The van der Waals surface area contributed by atoms with Crippen LogP contribution in [0, 0.1) is 6.92 Å². The van der Waals surface area contributed by atoms with Crippen LogP contribution in [-0.4, -0.2) is 35.0 Å². The number of thioether (sulfide) groups is 1. The molecule has 1 aromatic rings. The number of aryl methyl sites for hydroxylation is 2. The Morgan fingerprint density at radius 2 is 2.21 bits per heavy atom. The molecular weight excluding hydrogens is 282 g/mol. The van der Waals surface area contributed by atoms with Crippen molar-refractivity contribution in [1.29, 1.82) is 0 Å². The van der Waals surface area contributed by atoms with Gasteiger partial charge < -0.3 is 10.4 Å². The molecule has 1 atom stereocenters. The molecule has 1 amide bonds. The maximum Gasteiger partial charge on any atom is 0.326 e. The van der Waals surface area contributed by atoms with Gasteiger partial charge in [-0.15, -0.1) is 11.3 Å². The maximum absolute atomic E-state index is 12.0. The molecule has 0 saturated carbocycles. The fourth-order valence-corrected chi connectivity index (χ4v) is 3.19. The number of aliphatic carboxylic acids is 1. The van der Waals surface area contributed by atoms with Crippen LogP contribution in [-0.2, 0) is 11.2 Å². The van der Waals surface area contributed by atoms with Gasteiger partial charge in [-0.05, 0) is 43.4 Å². The molecule has 0 aliphatic rings. The highest BCUT2D eigenvalue weighted by Gasteiger charge is 2.21. The van der Waals surface area contributed by atoms with Gasteiger partial charge in [-0.1, -0.05) is 6.92 Å². The van der Waals surface area contributed by atoms with E-state index in [1.165, 1.54) is 11.3 Å². The summed E-state index contributed by atoms with van der Waals surface area (Å²) in [6.45, 7) is 4.01. The van der Waals surface area contributed by atoms with Crippen LogP contribution in [0.5, 0.6) is 0 Å². The number of hydrogen-bond acceptors (Lipinski definition) is 4. The summed E-state index contributed by atoms with van der Waals surface area (Å²) in [7, 11) is 0. The van der Waals surface area contributed by atoms with Crippen molar-refractivity contribution in [2.24, 2.45) is 0 Å². The van der Waals surface area contributed by atoms with Gasteiger partial charge in [-0.2, -0.15) is 11.8 Å². The maximum atomic E-state index is 12.0. The Hall–Kier alpha value is -1.01. The summed E-state index contributed by atoms with van der Waals surface area (Å²) in [4.78, 5) is 24.8. The van der Waals surface area contributed by atoms with Crippen molar-refractivity contribution in [1.82, 2.24) is 5.32 Å². The van der Waals surface area contributed by atoms with Gasteiger partial charge in [-0.25, -0.2) is 4.79 Å². The Morgan fingerprint density at radius 1 is 1.53 bits per heavy atom. The number of carbonyl (C=O) groups is 2. The summed E-state index contributed by atoms with van der Waals surface area (Å²) < 4.78 is 0. The summed E-state index contributed by atoms with van der Waals surface area (Å²) in [5.74, 6) is -0.561. The first kappa shape index (κ1) is 16.0. The highest BCUT2D eigenvalue weighted by atomic mass is 32.2. The second-order valence-electron chi connectivity index (χ2n) is 4.19. The number of hydrogen-bond donors (Lipinski definition) is 2. The number of carbonyl (C=O) groups excluding carboxylic acids is 1. The van der Waals surface area contributed by atoms with E-state index < -0.39 is 12.0 Å². The zero-order chi connectivity index (χ0) is 14.4. The highest BCUT2D eigenvalue weighted by molar-refractivity contribution is 7.98. The number of thiophene rings is 1. The van der Waals surface area contributed by atoms with Crippen LogP contribution >= 0.6 is 23.1 Å². The molecule has 4 nitrogen and oxygen atoms in total. The SMILES string of the molecule is CCc1cc(C(=O)N[C@H](CCSC)C(=O)O)sc1C. The molecule has 0 unspecified atom stereocenters. The van der Waals surface area contributed by atoms with Gasteiger partial charge in [-0.3, -0.25) is 4.79 Å². The number of carboxylic acid groups (broad SMARTS) is 1. The zero-order valence-electron chi connectivity index (χ0n) is 11.4. The van der Waals surface area contributed by atoms with Crippen LogP contribution < -0.4 is 5.32 Å². The Morgan fingerprint density at radius 3 is 2.68 bits per heavy atom. The summed E-state index contributed by atoms with van der Waals surface area (Å²) in [6.07, 6.45) is 3.23. The van der Waals surface area contributed by atoms with E-state index >= 15 is 0 Å². The lowest BCUT2D eigenvalue weighted by Gasteiger charge is -2.12. The second kappa shape index (κ2) is 7.55. The summed E-state index contributed by atoms with van der Waals surface area (Å²) in [6, 6.07) is 1.04. The molecule has 0 radical (unpaired) electrons. The monoisotopic (exact) mass is 301 g/mol. The highest BCUT2D eigenvalue weighted by Crippen LogP contribution is 2.22. The van der Waals surface area contributed by atoms with E-state index in [9.17, 15) is 9.59 Å². The largest absolute Gasteiger partial charge is 0.480 e. The fraction of sp³-hybridized carbons (Fsp3) is 0.538. The molecule has 19 heavy (non-hydrogen) atoms. The molecule has 2 N–H and O–H groups in total. The minimum atomic E-state index is -0.980. The lowest BCUT2D eigenvalue weighted by atomic mass is 10.2. The molecule has 0 saturated heterocycles. The van der Waals surface area contributed by atoms with Crippen molar-refractivity contribution < 1.29 is 14.7 Å². The molecule has 1 rings (SSSR count). The third-order valence-electron chi connectivity index (χ3n) is 2.84. The van der Waals surface area contributed by atoms with Crippen molar-refractivity contribution in [3.05, 3.63) is 21.4 Å². The van der Waals surface area contributed by atoms with Gasteiger partial charge in [0.15, 0.2) is 0 Å². The standard InChI is InChI=1S/C13H19NO3S2/c1-4-9-7-11(19-8(9)2)12(15)14-10(13(16)17)5-6-18-3/h7,10H,4-6H2,1-3H3,(H,14,15)(H,16,17)/t10-/m1/s1. The lowest BCUT2D eigenvalue weighted by Crippen LogP contribution is -2.40. The van der Waals surface area contributed by atoms with Crippen LogP contribution in [0.1, 0.15) is 33.5 Å². The molecule has 0 aromatic carbocycles. The molecule has 0 bridgehead atoms. The Balaban J connectivity index is 2.72. The fourth-order valence-electron chi connectivity index (χ4n) is 1.71. The van der Waals surface area contributed by atoms with E-state index in [-0.39, 0.29) is 5.91 Å². The van der Waals surface area contributed by atoms with E-state index in [0.717, 1.165) is 16.9 Å². The van der Waals surface area contributed by atoms with Crippen LogP contribution in [0.2, 0.25) is 0 Å². The van der Waals surface area contributed by atoms with Crippen molar-refractivity contribution in [3.63, 3.8) is 0 Å². The van der Waals surface area contributed by atoms with E-state index in [1.54, 1.807) is 11.8 Å². The first-order chi connectivity index (χ1) is 8.99.